The van der Waals surface area contributed by atoms with Gasteiger partial charge in [-0.05, 0) is 87.0 Å². The zero-order valence-corrected chi connectivity index (χ0v) is 26.7. The van der Waals surface area contributed by atoms with Gasteiger partial charge in [0.05, 0.1) is 24.2 Å². The van der Waals surface area contributed by atoms with Crippen LogP contribution >= 0.6 is 0 Å². The fourth-order valence-electron chi connectivity index (χ4n) is 9.59. The minimum absolute atomic E-state index is 0.163. The molecule has 4 fully saturated rings. The second-order valence-electron chi connectivity index (χ2n) is 15.6. The van der Waals surface area contributed by atoms with Gasteiger partial charge in [-0.3, -0.25) is 4.79 Å². The molecule has 3 saturated carbocycles. The van der Waals surface area contributed by atoms with E-state index in [1.54, 1.807) is 12.2 Å². The standard InChI is InChI=1S/C36H48O7/c1-19(2)21-8-9-23-31(38)29(42-32(23)39)13-20(3)12-27(37)24-17-36(43-28(14-21)30(24)33(40)41-7)11-10-25-26(36)18-34(4,5)15-22-16-35(22,25)6/h9,12,21-22,24-26,29,31,38H,1,8,10-11,13-18H2,2-7H3/b20-12+,23-9+/t21-,22+,24-,25-,26+,29+,31-,35-,36-/m1/s1. The highest BCUT2D eigenvalue weighted by Crippen LogP contribution is 2.72. The summed E-state index contributed by atoms with van der Waals surface area (Å²) in [5, 5.41) is 10.9. The van der Waals surface area contributed by atoms with Gasteiger partial charge in [0.2, 0.25) is 0 Å². The van der Waals surface area contributed by atoms with Crippen molar-refractivity contribution in [1.82, 2.24) is 0 Å². The third-order valence-electron chi connectivity index (χ3n) is 12.0. The van der Waals surface area contributed by atoms with Crippen molar-refractivity contribution in [2.75, 3.05) is 7.11 Å². The highest BCUT2D eigenvalue weighted by Gasteiger charge is 2.67. The van der Waals surface area contributed by atoms with E-state index >= 15 is 0 Å². The van der Waals surface area contributed by atoms with Crippen molar-refractivity contribution in [2.45, 2.75) is 110 Å². The molecule has 7 heteroatoms. The molecule has 4 aliphatic carbocycles. The molecule has 6 aliphatic rings. The summed E-state index contributed by atoms with van der Waals surface area (Å²) in [7, 11) is 1.36. The zero-order valence-electron chi connectivity index (χ0n) is 26.7. The molecular formula is C36H48O7. The van der Waals surface area contributed by atoms with Crippen LogP contribution in [0.25, 0.3) is 0 Å². The summed E-state index contributed by atoms with van der Waals surface area (Å²) in [6, 6.07) is 0. The summed E-state index contributed by atoms with van der Waals surface area (Å²) in [5.74, 6) is -0.0229. The predicted octanol–water partition coefficient (Wildman–Crippen LogP) is 6.17. The Hall–Kier alpha value is -2.67. The van der Waals surface area contributed by atoms with E-state index in [9.17, 15) is 19.5 Å². The van der Waals surface area contributed by atoms with Gasteiger partial charge in [0, 0.05) is 25.2 Å². The van der Waals surface area contributed by atoms with E-state index in [0.717, 1.165) is 30.8 Å². The van der Waals surface area contributed by atoms with Gasteiger partial charge < -0.3 is 19.3 Å². The van der Waals surface area contributed by atoms with Gasteiger partial charge in [-0.15, -0.1) is 0 Å². The highest BCUT2D eigenvalue weighted by molar-refractivity contribution is 6.03. The largest absolute Gasteiger partial charge is 0.491 e. The summed E-state index contributed by atoms with van der Waals surface area (Å²) in [6.45, 7) is 15.2. The molecule has 0 radical (unpaired) electrons. The van der Waals surface area contributed by atoms with Gasteiger partial charge in [0.15, 0.2) is 5.78 Å². The summed E-state index contributed by atoms with van der Waals surface area (Å²) in [5.41, 5.74) is 2.05. The minimum Gasteiger partial charge on any atom is -0.491 e. The van der Waals surface area contributed by atoms with Crippen LogP contribution in [0.1, 0.15) is 92.4 Å². The molecule has 0 unspecified atom stereocenters. The molecule has 4 bridgehead atoms. The van der Waals surface area contributed by atoms with Crippen LogP contribution in [0.3, 0.4) is 0 Å². The van der Waals surface area contributed by atoms with E-state index in [2.05, 4.69) is 27.4 Å². The van der Waals surface area contributed by atoms with Gasteiger partial charge in [0.1, 0.15) is 23.6 Å². The van der Waals surface area contributed by atoms with E-state index in [1.165, 1.54) is 20.0 Å². The number of carbonyl (C=O) groups is 3. The number of ketones is 1. The lowest BCUT2D eigenvalue weighted by Gasteiger charge is -2.47. The van der Waals surface area contributed by atoms with Gasteiger partial charge >= 0.3 is 11.9 Å². The molecule has 0 aromatic heterocycles. The van der Waals surface area contributed by atoms with Crippen molar-refractivity contribution in [3.8, 4) is 0 Å². The maximum absolute atomic E-state index is 14.3. The number of rotatable bonds is 2. The maximum Gasteiger partial charge on any atom is 0.337 e. The van der Waals surface area contributed by atoms with Crippen LogP contribution in [0.4, 0.5) is 0 Å². The van der Waals surface area contributed by atoms with Crippen LogP contribution in [-0.2, 0) is 28.6 Å². The quantitative estimate of drug-likeness (QED) is 0.303. The SMILES string of the molecule is C=C(C)[C@@H]1C/C=C2/C(=O)O[C@@H](C/C(C)=C/C(=O)[C@H]3C[C@@]4(CC[C@@H]5[C@@H]4CC(C)(C)C[C@H]4C[C@]45C)OC(=C3C(=O)OC)C1)[C@@H]2O. The van der Waals surface area contributed by atoms with Crippen LogP contribution in [0.2, 0.25) is 0 Å². The average Bonchev–Trinajstić information content (AvgIpc) is 3.35. The maximum atomic E-state index is 14.3. The Labute approximate surface area is 255 Å². The number of methoxy groups -OCH3 is 1. The van der Waals surface area contributed by atoms with Gasteiger partial charge in [-0.1, -0.05) is 44.6 Å². The van der Waals surface area contributed by atoms with Crippen molar-refractivity contribution < 1.29 is 33.7 Å². The third-order valence-corrected chi connectivity index (χ3v) is 12.0. The number of ether oxygens (including phenoxy) is 3. The molecule has 0 aromatic carbocycles. The normalized spacial score (nSPS) is 44.4. The molecule has 6 rings (SSSR count). The lowest BCUT2D eigenvalue weighted by Crippen LogP contribution is -2.48. The molecule has 1 spiro atoms. The first-order valence-electron chi connectivity index (χ1n) is 16.1. The first kappa shape index (κ1) is 30.4. The number of hydrogen-bond acceptors (Lipinski definition) is 7. The Kier molecular flexibility index (Phi) is 7.38. The van der Waals surface area contributed by atoms with E-state index in [4.69, 9.17) is 14.2 Å². The van der Waals surface area contributed by atoms with Gasteiger partial charge in [0.25, 0.3) is 0 Å². The number of hydrogen-bond donors (Lipinski definition) is 1. The first-order valence-corrected chi connectivity index (χ1v) is 16.1. The first-order chi connectivity index (χ1) is 20.2. The van der Waals surface area contributed by atoms with Crippen LogP contribution < -0.4 is 0 Å². The van der Waals surface area contributed by atoms with Crippen LogP contribution in [0.5, 0.6) is 0 Å². The summed E-state index contributed by atoms with van der Waals surface area (Å²) in [4.78, 5) is 40.5. The molecule has 0 amide bonds. The molecule has 43 heavy (non-hydrogen) atoms. The molecule has 1 saturated heterocycles. The topological polar surface area (TPSA) is 99.1 Å². The van der Waals surface area contributed by atoms with Crippen LogP contribution in [0.15, 0.2) is 46.8 Å². The Balaban J connectivity index is 1.48. The fourth-order valence-corrected chi connectivity index (χ4v) is 9.59. The molecule has 2 aliphatic heterocycles. The number of allylic oxidation sites excluding steroid dienone is 4. The molecular weight excluding hydrogens is 544 g/mol. The van der Waals surface area contributed by atoms with Crippen molar-refractivity contribution in [3.05, 3.63) is 46.8 Å². The molecule has 9 atom stereocenters. The lowest BCUT2D eigenvalue weighted by atomic mass is 9.67. The predicted molar refractivity (Wildman–Crippen MR) is 161 cm³/mol. The second kappa shape index (κ2) is 10.5. The molecule has 0 aromatic rings. The van der Waals surface area contributed by atoms with E-state index < -0.39 is 35.7 Å². The summed E-state index contributed by atoms with van der Waals surface area (Å²) < 4.78 is 18.0. The monoisotopic (exact) mass is 592 g/mol. The van der Waals surface area contributed by atoms with Crippen molar-refractivity contribution in [3.63, 3.8) is 0 Å². The average molecular weight is 593 g/mol. The van der Waals surface area contributed by atoms with Crippen LogP contribution in [0, 0.1) is 40.4 Å². The molecule has 2 heterocycles. The Morgan fingerprint density at radius 2 is 1.84 bits per heavy atom. The Morgan fingerprint density at radius 3 is 2.53 bits per heavy atom. The molecule has 7 nitrogen and oxygen atoms in total. The lowest BCUT2D eigenvalue weighted by molar-refractivity contribution is -0.143. The van der Waals surface area contributed by atoms with Crippen LogP contribution in [-0.4, -0.2) is 47.7 Å². The van der Waals surface area contributed by atoms with Crippen molar-refractivity contribution >= 4 is 17.7 Å². The Bertz CT molecular complexity index is 1350. The van der Waals surface area contributed by atoms with Crippen molar-refractivity contribution in [1.29, 1.82) is 0 Å². The van der Waals surface area contributed by atoms with Gasteiger partial charge in [-0.2, -0.15) is 0 Å². The summed E-state index contributed by atoms with van der Waals surface area (Å²) >= 11 is 0. The summed E-state index contributed by atoms with van der Waals surface area (Å²) in [6.07, 6.45) is 8.42. The fraction of sp³-hybridized carbons (Fsp3) is 0.694. The number of aliphatic hydroxyl groups excluding tert-OH is 1. The number of esters is 2. The molecule has 234 valence electrons. The third kappa shape index (κ3) is 5.13. The highest BCUT2D eigenvalue weighted by atomic mass is 16.6. The minimum atomic E-state index is -1.06. The Morgan fingerprint density at radius 1 is 1.09 bits per heavy atom. The van der Waals surface area contributed by atoms with E-state index in [-0.39, 0.29) is 35.0 Å². The molecule has 1 N–H and O–H groups in total. The smallest absolute Gasteiger partial charge is 0.337 e. The van der Waals surface area contributed by atoms with Crippen molar-refractivity contribution in [2.24, 2.45) is 40.4 Å². The zero-order chi connectivity index (χ0) is 31.1. The van der Waals surface area contributed by atoms with E-state index in [0.29, 0.717) is 47.5 Å². The number of carbonyl (C=O) groups excluding carboxylic acids is 3. The van der Waals surface area contributed by atoms with E-state index in [1.807, 2.05) is 13.8 Å². The number of fused-ring (bicyclic) bond motifs is 7. The second-order valence-corrected chi connectivity index (χ2v) is 15.6. The van der Waals surface area contributed by atoms with Gasteiger partial charge in [-0.25, -0.2) is 9.59 Å². The number of aliphatic hydroxyl groups is 1.